The Balaban J connectivity index is 2.12. The van der Waals surface area contributed by atoms with E-state index >= 15 is 0 Å². The van der Waals surface area contributed by atoms with Gasteiger partial charge in [0, 0.05) is 12.6 Å². The lowest BCUT2D eigenvalue weighted by atomic mass is 10.2. The first-order chi connectivity index (χ1) is 9.95. The molecule has 2 amide bonds. The van der Waals surface area contributed by atoms with Crippen LogP contribution in [-0.4, -0.2) is 22.0 Å². The largest absolute Gasteiger partial charge is 0.325 e. The highest BCUT2D eigenvalue weighted by Gasteiger charge is 2.10. The predicted molar refractivity (Wildman–Crippen MR) is 80.8 cm³/mol. The number of hydrogen-bond acceptors (Lipinski definition) is 4. The van der Waals surface area contributed by atoms with Crippen LogP contribution >= 0.6 is 23.2 Å². The second-order valence-corrected chi connectivity index (χ2v) is 4.87. The van der Waals surface area contributed by atoms with Crippen LogP contribution in [0.1, 0.15) is 17.4 Å². The van der Waals surface area contributed by atoms with E-state index in [0.717, 1.165) is 0 Å². The minimum atomic E-state index is -0.442. The fraction of sp³-hybridized carbons (Fsp3) is 0.0769. The molecule has 0 aliphatic carbocycles. The fourth-order valence-electron chi connectivity index (χ4n) is 1.52. The van der Waals surface area contributed by atoms with E-state index in [4.69, 9.17) is 23.2 Å². The van der Waals surface area contributed by atoms with E-state index in [0.29, 0.717) is 16.4 Å². The van der Waals surface area contributed by atoms with Crippen molar-refractivity contribution in [1.29, 1.82) is 0 Å². The van der Waals surface area contributed by atoms with Crippen LogP contribution in [0.25, 0.3) is 0 Å². The van der Waals surface area contributed by atoms with E-state index in [1.165, 1.54) is 25.1 Å². The van der Waals surface area contributed by atoms with Gasteiger partial charge < -0.3 is 10.6 Å². The molecule has 8 heteroatoms. The van der Waals surface area contributed by atoms with Crippen LogP contribution in [0, 0.1) is 0 Å². The van der Waals surface area contributed by atoms with Gasteiger partial charge in [0.05, 0.1) is 10.7 Å². The van der Waals surface area contributed by atoms with Gasteiger partial charge >= 0.3 is 0 Å². The molecule has 1 aromatic carbocycles. The quantitative estimate of drug-likeness (QED) is 0.908. The van der Waals surface area contributed by atoms with Gasteiger partial charge in [-0.15, -0.1) is 10.2 Å². The SMILES string of the molecule is CC(=O)Nc1ccc(NC(=O)c2ccc(Cl)nn2)cc1Cl. The van der Waals surface area contributed by atoms with E-state index in [9.17, 15) is 9.59 Å². The molecule has 1 heterocycles. The van der Waals surface area contributed by atoms with Crippen LogP contribution in [0.15, 0.2) is 30.3 Å². The highest BCUT2D eigenvalue weighted by Crippen LogP contribution is 2.25. The molecule has 0 saturated carbocycles. The van der Waals surface area contributed by atoms with Gasteiger partial charge in [0.15, 0.2) is 10.8 Å². The lowest BCUT2D eigenvalue weighted by molar-refractivity contribution is -0.114. The monoisotopic (exact) mass is 324 g/mol. The van der Waals surface area contributed by atoms with Crippen molar-refractivity contribution in [3.63, 3.8) is 0 Å². The van der Waals surface area contributed by atoms with Gasteiger partial charge in [0.2, 0.25) is 5.91 Å². The number of halogens is 2. The Labute approximate surface area is 130 Å². The number of carbonyl (C=O) groups is 2. The third-order valence-electron chi connectivity index (χ3n) is 2.40. The Kier molecular flexibility index (Phi) is 4.72. The maximum absolute atomic E-state index is 11.9. The average molecular weight is 325 g/mol. The number of benzene rings is 1. The lowest BCUT2D eigenvalue weighted by Crippen LogP contribution is -2.14. The van der Waals surface area contributed by atoms with Crippen LogP contribution in [0.5, 0.6) is 0 Å². The molecule has 6 nitrogen and oxygen atoms in total. The topological polar surface area (TPSA) is 84.0 Å². The Bertz CT molecular complexity index is 689. The number of nitrogens with zero attached hydrogens (tertiary/aromatic N) is 2. The third-order valence-corrected chi connectivity index (χ3v) is 2.92. The van der Waals surface area contributed by atoms with Gasteiger partial charge in [0.25, 0.3) is 5.91 Å². The molecule has 0 aliphatic rings. The molecule has 0 atom stereocenters. The van der Waals surface area contributed by atoms with Crippen molar-refractivity contribution in [2.24, 2.45) is 0 Å². The van der Waals surface area contributed by atoms with E-state index in [2.05, 4.69) is 20.8 Å². The molecule has 1 aromatic heterocycles. The van der Waals surface area contributed by atoms with E-state index in [1.54, 1.807) is 12.1 Å². The zero-order valence-corrected chi connectivity index (χ0v) is 12.4. The van der Waals surface area contributed by atoms with E-state index in [1.807, 2.05) is 0 Å². The first kappa shape index (κ1) is 15.2. The third kappa shape index (κ3) is 4.14. The number of carbonyl (C=O) groups excluding carboxylic acids is 2. The maximum atomic E-state index is 11.9. The molecule has 2 aromatic rings. The van der Waals surface area contributed by atoms with Gasteiger partial charge in [-0.05, 0) is 30.3 Å². The molecular weight excluding hydrogens is 315 g/mol. The fourth-order valence-corrected chi connectivity index (χ4v) is 1.84. The molecule has 0 aliphatic heterocycles. The summed E-state index contributed by atoms with van der Waals surface area (Å²) in [4.78, 5) is 22.9. The molecule has 0 saturated heterocycles. The van der Waals surface area contributed by atoms with Crippen molar-refractivity contribution < 1.29 is 9.59 Å². The summed E-state index contributed by atoms with van der Waals surface area (Å²) in [6.07, 6.45) is 0. The van der Waals surface area contributed by atoms with Gasteiger partial charge in [-0.25, -0.2) is 0 Å². The predicted octanol–water partition coefficient (Wildman–Crippen LogP) is 2.99. The summed E-state index contributed by atoms with van der Waals surface area (Å²) in [7, 11) is 0. The highest BCUT2D eigenvalue weighted by atomic mass is 35.5. The summed E-state index contributed by atoms with van der Waals surface area (Å²) in [5, 5.41) is 13.0. The molecule has 2 rings (SSSR count). The smallest absolute Gasteiger partial charge is 0.276 e. The number of nitrogens with one attached hydrogen (secondary N) is 2. The van der Waals surface area contributed by atoms with Gasteiger partial charge in [0.1, 0.15) is 0 Å². The minimum absolute atomic E-state index is 0.126. The van der Waals surface area contributed by atoms with Crippen LogP contribution in [0.2, 0.25) is 10.2 Å². The summed E-state index contributed by atoms with van der Waals surface area (Å²) >= 11 is 11.6. The summed E-state index contributed by atoms with van der Waals surface area (Å²) in [5.74, 6) is -0.673. The summed E-state index contributed by atoms with van der Waals surface area (Å²) in [6, 6.07) is 7.65. The van der Waals surface area contributed by atoms with E-state index in [-0.39, 0.29) is 16.8 Å². The van der Waals surface area contributed by atoms with Crippen molar-refractivity contribution in [2.75, 3.05) is 10.6 Å². The van der Waals surface area contributed by atoms with E-state index < -0.39 is 5.91 Å². The van der Waals surface area contributed by atoms with Crippen molar-refractivity contribution in [3.8, 4) is 0 Å². The Hall–Kier alpha value is -2.18. The zero-order valence-electron chi connectivity index (χ0n) is 10.9. The highest BCUT2D eigenvalue weighted by molar-refractivity contribution is 6.34. The molecule has 2 N–H and O–H groups in total. The molecule has 0 spiro atoms. The molecule has 0 bridgehead atoms. The van der Waals surface area contributed by atoms with Crippen LogP contribution in [0.4, 0.5) is 11.4 Å². The molecule has 0 fully saturated rings. The van der Waals surface area contributed by atoms with Crippen LogP contribution in [0.3, 0.4) is 0 Å². The standard InChI is InChI=1S/C13H10Cl2N4O2/c1-7(20)16-10-3-2-8(6-9(10)14)17-13(21)11-4-5-12(15)19-18-11/h2-6H,1H3,(H,16,20)(H,17,21). The number of aromatic nitrogens is 2. The minimum Gasteiger partial charge on any atom is -0.325 e. The van der Waals surface area contributed by atoms with Crippen molar-refractivity contribution in [2.45, 2.75) is 6.92 Å². The maximum Gasteiger partial charge on any atom is 0.276 e. The first-order valence-corrected chi connectivity index (χ1v) is 6.59. The first-order valence-electron chi connectivity index (χ1n) is 5.83. The molecule has 0 radical (unpaired) electrons. The molecular formula is C13H10Cl2N4O2. The summed E-state index contributed by atoms with van der Waals surface area (Å²) in [5.41, 5.74) is 1.06. The second-order valence-electron chi connectivity index (χ2n) is 4.07. The van der Waals surface area contributed by atoms with Gasteiger partial charge in [-0.1, -0.05) is 23.2 Å². The van der Waals surface area contributed by atoms with Crippen molar-refractivity contribution in [1.82, 2.24) is 10.2 Å². The summed E-state index contributed by atoms with van der Waals surface area (Å²) in [6.45, 7) is 1.38. The summed E-state index contributed by atoms with van der Waals surface area (Å²) < 4.78 is 0. The Morgan fingerprint density at radius 3 is 2.38 bits per heavy atom. The Morgan fingerprint density at radius 1 is 1.05 bits per heavy atom. The van der Waals surface area contributed by atoms with Crippen molar-refractivity contribution in [3.05, 3.63) is 46.2 Å². The number of hydrogen-bond donors (Lipinski definition) is 2. The van der Waals surface area contributed by atoms with Gasteiger partial charge in [-0.2, -0.15) is 0 Å². The number of rotatable bonds is 3. The molecule has 108 valence electrons. The molecule has 21 heavy (non-hydrogen) atoms. The number of amides is 2. The van der Waals surface area contributed by atoms with Gasteiger partial charge in [-0.3, -0.25) is 9.59 Å². The van der Waals surface area contributed by atoms with Crippen molar-refractivity contribution >= 4 is 46.4 Å². The lowest BCUT2D eigenvalue weighted by Gasteiger charge is -2.08. The normalized spacial score (nSPS) is 10.0. The zero-order chi connectivity index (χ0) is 15.4. The number of anilines is 2. The average Bonchev–Trinajstić information content (AvgIpc) is 2.42. The van der Waals surface area contributed by atoms with Crippen LogP contribution < -0.4 is 10.6 Å². The Morgan fingerprint density at radius 2 is 1.81 bits per heavy atom. The van der Waals surface area contributed by atoms with Crippen LogP contribution in [-0.2, 0) is 4.79 Å². The second kappa shape index (κ2) is 6.51. The molecule has 0 unspecified atom stereocenters.